The van der Waals surface area contributed by atoms with Crippen LogP contribution < -0.4 is 9.47 Å². The first kappa shape index (κ1) is 16.3. The third kappa shape index (κ3) is 4.74. The number of ether oxygens (including phenoxy) is 3. The Morgan fingerprint density at radius 2 is 2.15 bits per heavy atom. The van der Waals surface area contributed by atoms with E-state index in [1.807, 2.05) is 6.92 Å². The summed E-state index contributed by atoms with van der Waals surface area (Å²) < 4.78 is 15.3. The largest absolute Gasteiger partial charge is 0.493 e. The number of aldehydes is 1. The number of hydrogen-bond donors (Lipinski definition) is 0. The molecule has 0 atom stereocenters. The monoisotopic (exact) mass is 300 g/mol. The van der Waals surface area contributed by atoms with Gasteiger partial charge in [0.2, 0.25) is 0 Å². The lowest BCUT2D eigenvalue weighted by atomic mass is 10.2. The van der Waals surface area contributed by atoms with Gasteiger partial charge >= 0.3 is 5.97 Å². The smallest absolute Gasteiger partial charge is 0.344 e. The van der Waals surface area contributed by atoms with E-state index in [2.05, 4.69) is 0 Å². The van der Waals surface area contributed by atoms with Crippen LogP contribution in [0.3, 0.4) is 0 Å². The molecule has 110 valence electrons. The SMILES string of the molecule is CCCCOC(=O)COc1c(C=O)cc(Cl)cc1OC. The minimum Gasteiger partial charge on any atom is -0.493 e. The quantitative estimate of drug-likeness (QED) is 0.420. The zero-order valence-electron chi connectivity index (χ0n) is 11.5. The average Bonchev–Trinajstić information content (AvgIpc) is 2.45. The number of methoxy groups -OCH3 is 1. The van der Waals surface area contributed by atoms with E-state index < -0.39 is 5.97 Å². The molecule has 0 spiro atoms. The van der Waals surface area contributed by atoms with Crippen molar-refractivity contribution in [2.45, 2.75) is 19.8 Å². The Kier molecular flexibility index (Phi) is 6.87. The predicted octanol–water partition coefficient (Wildman–Crippen LogP) is 2.88. The molecular formula is C14H17ClO5. The second-order valence-corrected chi connectivity index (χ2v) is 4.44. The molecule has 0 amide bonds. The molecule has 0 bridgehead atoms. The molecule has 0 aliphatic carbocycles. The van der Waals surface area contributed by atoms with Gasteiger partial charge in [-0.2, -0.15) is 0 Å². The molecule has 0 aliphatic rings. The normalized spacial score (nSPS) is 9.95. The van der Waals surface area contributed by atoms with Gasteiger partial charge in [-0.25, -0.2) is 4.79 Å². The summed E-state index contributed by atoms with van der Waals surface area (Å²) in [5, 5.41) is 0.349. The fourth-order valence-corrected chi connectivity index (χ4v) is 1.70. The number of halogens is 1. The topological polar surface area (TPSA) is 61.8 Å². The lowest BCUT2D eigenvalue weighted by Crippen LogP contribution is -2.16. The van der Waals surface area contributed by atoms with Crippen molar-refractivity contribution in [3.8, 4) is 11.5 Å². The fourth-order valence-electron chi connectivity index (χ4n) is 1.49. The molecule has 6 heteroatoms. The Balaban J connectivity index is 2.71. The van der Waals surface area contributed by atoms with E-state index in [0.717, 1.165) is 12.8 Å². The average molecular weight is 301 g/mol. The van der Waals surface area contributed by atoms with Crippen LogP contribution in [0.25, 0.3) is 0 Å². The van der Waals surface area contributed by atoms with Crippen LogP contribution in [0, 0.1) is 0 Å². The van der Waals surface area contributed by atoms with Gasteiger partial charge in [0.1, 0.15) is 0 Å². The number of benzene rings is 1. The maximum Gasteiger partial charge on any atom is 0.344 e. The van der Waals surface area contributed by atoms with E-state index in [0.29, 0.717) is 23.7 Å². The van der Waals surface area contributed by atoms with E-state index in [4.69, 9.17) is 25.8 Å². The van der Waals surface area contributed by atoms with Gasteiger partial charge < -0.3 is 14.2 Å². The highest BCUT2D eigenvalue weighted by Gasteiger charge is 2.14. The Morgan fingerprint density at radius 3 is 2.75 bits per heavy atom. The van der Waals surface area contributed by atoms with Crippen LogP contribution in [0.1, 0.15) is 30.1 Å². The molecule has 0 saturated carbocycles. The zero-order chi connectivity index (χ0) is 15.0. The molecule has 0 N–H and O–H groups in total. The molecule has 5 nitrogen and oxygen atoms in total. The highest BCUT2D eigenvalue weighted by molar-refractivity contribution is 6.31. The summed E-state index contributed by atoms with van der Waals surface area (Å²) in [7, 11) is 1.42. The number of carbonyl (C=O) groups excluding carboxylic acids is 2. The van der Waals surface area contributed by atoms with E-state index in [-0.39, 0.29) is 17.9 Å². The molecule has 1 aromatic rings. The van der Waals surface area contributed by atoms with Gasteiger partial charge in [-0.15, -0.1) is 0 Å². The first-order valence-electron chi connectivity index (χ1n) is 6.23. The fraction of sp³-hybridized carbons (Fsp3) is 0.429. The maximum atomic E-state index is 11.5. The third-order valence-corrected chi connectivity index (χ3v) is 2.71. The van der Waals surface area contributed by atoms with Crippen LogP contribution in [0.2, 0.25) is 5.02 Å². The van der Waals surface area contributed by atoms with Crippen molar-refractivity contribution in [3.05, 3.63) is 22.7 Å². The summed E-state index contributed by atoms with van der Waals surface area (Å²) in [6, 6.07) is 2.95. The Hall–Kier alpha value is -1.75. The van der Waals surface area contributed by atoms with Crippen molar-refractivity contribution in [2.75, 3.05) is 20.3 Å². The molecule has 0 radical (unpaired) electrons. The molecule has 0 saturated heterocycles. The maximum absolute atomic E-state index is 11.5. The van der Waals surface area contributed by atoms with Crippen molar-refractivity contribution in [1.29, 1.82) is 0 Å². The summed E-state index contributed by atoms with van der Waals surface area (Å²) >= 11 is 5.84. The van der Waals surface area contributed by atoms with Crippen molar-refractivity contribution in [2.24, 2.45) is 0 Å². The number of hydrogen-bond acceptors (Lipinski definition) is 5. The third-order valence-electron chi connectivity index (χ3n) is 2.49. The summed E-state index contributed by atoms with van der Waals surface area (Å²) in [5.74, 6) is -0.0207. The standard InChI is InChI=1S/C14H17ClO5/c1-3-4-5-19-13(17)9-20-14-10(8-16)6-11(15)7-12(14)18-2/h6-8H,3-5,9H2,1-2H3. The van der Waals surface area contributed by atoms with Gasteiger partial charge in [-0.3, -0.25) is 4.79 Å². The predicted molar refractivity (Wildman–Crippen MR) is 74.8 cm³/mol. The minimum absolute atomic E-state index is 0.180. The summed E-state index contributed by atoms with van der Waals surface area (Å²) in [6.45, 7) is 2.07. The van der Waals surface area contributed by atoms with Crippen LogP contribution in [-0.4, -0.2) is 32.6 Å². The van der Waals surface area contributed by atoms with Gasteiger partial charge in [0.15, 0.2) is 24.4 Å². The van der Waals surface area contributed by atoms with Gasteiger partial charge in [0.25, 0.3) is 0 Å². The minimum atomic E-state index is -0.493. The van der Waals surface area contributed by atoms with Gasteiger partial charge in [-0.1, -0.05) is 24.9 Å². The molecule has 0 aliphatic heterocycles. The number of unbranched alkanes of at least 4 members (excludes halogenated alkanes) is 1. The summed E-state index contributed by atoms with van der Waals surface area (Å²) in [5.41, 5.74) is 0.218. The Bertz CT molecular complexity index is 473. The number of carbonyl (C=O) groups is 2. The van der Waals surface area contributed by atoms with E-state index in [1.54, 1.807) is 0 Å². The van der Waals surface area contributed by atoms with Crippen molar-refractivity contribution in [1.82, 2.24) is 0 Å². The van der Waals surface area contributed by atoms with Crippen molar-refractivity contribution < 1.29 is 23.8 Å². The zero-order valence-corrected chi connectivity index (χ0v) is 12.2. The number of esters is 1. The lowest BCUT2D eigenvalue weighted by molar-refractivity contribution is -0.146. The molecule has 1 rings (SSSR count). The second kappa shape index (κ2) is 8.43. The summed E-state index contributed by atoms with van der Waals surface area (Å²) in [4.78, 5) is 22.4. The molecule has 0 aromatic heterocycles. The van der Waals surface area contributed by atoms with Crippen molar-refractivity contribution in [3.63, 3.8) is 0 Å². The van der Waals surface area contributed by atoms with E-state index in [9.17, 15) is 9.59 Å². The first-order chi connectivity index (χ1) is 9.62. The molecule has 1 aromatic carbocycles. The highest BCUT2D eigenvalue weighted by atomic mass is 35.5. The van der Waals surface area contributed by atoms with Crippen molar-refractivity contribution >= 4 is 23.9 Å². The van der Waals surface area contributed by atoms with Crippen LogP contribution in [0.4, 0.5) is 0 Å². The van der Waals surface area contributed by atoms with Gasteiger partial charge in [-0.05, 0) is 12.5 Å². The Morgan fingerprint density at radius 1 is 1.40 bits per heavy atom. The van der Waals surface area contributed by atoms with E-state index in [1.165, 1.54) is 19.2 Å². The lowest BCUT2D eigenvalue weighted by Gasteiger charge is -2.12. The van der Waals surface area contributed by atoms with Gasteiger partial charge in [0.05, 0.1) is 19.3 Å². The first-order valence-corrected chi connectivity index (χ1v) is 6.61. The highest BCUT2D eigenvalue weighted by Crippen LogP contribution is 2.33. The van der Waals surface area contributed by atoms with E-state index >= 15 is 0 Å². The van der Waals surface area contributed by atoms with Crippen LogP contribution in [0.15, 0.2) is 12.1 Å². The van der Waals surface area contributed by atoms with Crippen LogP contribution >= 0.6 is 11.6 Å². The molecule has 0 fully saturated rings. The summed E-state index contributed by atoms with van der Waals surface area (Å²) in [6.07, 6.45) is 2.33. The molecule has 20 heavy (non-hydrogen) atoms. The second-order valence-electron chi connectivity index (χ2n) is 4.01. The Labute approximate surface area is 122 Å². The number of rotatable bonds is 8. The molecule has 0 unspecified atom stereocenters. The van der Waals surface area contributed by atoms with Crippen LogP contribution in [0.5, 0.6) is 11.5 Å². The van der Waals surface area contributed by atoms with Crippen LogP contribution in [-0.2, 0) is 9.53 Å². The van der Waals surface area contributed by atoms with Gasteiger partial charge in [0, 0.05) is 11.1 Å². The molecule has 0 heterocycles. The molecular weight excluding hydrogens is 284 g/mol.